The zero-order valence-corrected chi connectivity index (χ0v) is 24.8. The number of carbonyl (C=O) groups is 3. The quantitative estimate of drug-likeness (QED) is 0.439. The van der Waals surface area contributed by atoms with Gasteiger partial charge in [0.25, 0.3) is 0 Å². The van der Waals surface area contributed by atoms with Crippen molar-refractivity contribution >= 4 is 29.1 Å². The number of allylic oxidation sites excluding steroid dienone is 1. The number of Topliss-reactive ketones (excluding diaryl/α,β-unsaturated/α-hetero) is 2. The molecule has 0 fully saturated rings. The van der Waals surface area contributed by atoms with Gasteiger partial charge in [0, 0.05) is 49.4 Å². The molecule has 12 heteroatoms. The number of hydrogen-bond acceptors (Lipinski definition) is 10. The normalized spacial score (nSPS) is 21.5. The number of fused-ring (bicyclic) bond motifs is 2. The van der Waals surface area contributed by atoms with E-state index in [1.807, 2.05) is 19.0 Å². The lowest BCUT2D eigenvalue weighted by Gasteiger charge is -2.38. The second-order valence-corrected chi connectivity index (χ2v) is 11.2. The van der Waals surface area contributed by atoms with Gasteiger partial charge in [-0.3, -0.25) is 14.4 Å². The predicted octanol–water partition coefficient (Wildman–Crippen LogP) is 3.67. The maximum atomic E-state index is 14.2. The van der Waals surface area contributed by atoms with Crippen molar-refractivity contribution in [2.45, 2.75) is 31.3 Å². The summed E-state index contributed by atoms with van der Waals surface area (Å²) >= 11 is 6.56. The molecule has 1 aliphatic carbocycles. The molecule has 0 saturated heterocycles. The maximum absolute atomic E-state index is 14.2. The summed E-state index contributed by atoms with van der Waals surface area (Å²) in [6, 6.07) is 6.53. The van der Waals surface area contributed by atoms with Gasteiger partial charge in [-0.1, -0.05) is 24.6 Å². The van der Waals surface area contributed by atoms with Crippen LogP contribution in [-0.2, 0) is 9.59 Å². The molecule has 2 aromatic rings. The number of ether oxygens (including phenoxy) is 5. The second-order valence-electron chi connectivity index (χ2n) is 10.8. The second kappa shape index (κ2) is 11.4. The Hall–Kier alpha value is -3.96. The van der Waals surface area contributed by atoms with Crippen molar-refractivity contribution in [1.82, 2.24) is 10.2 Å². The summed E-state index contributed by atoms with van der Waals surface area (Å²) in [6.45, 7) is 2.68. The number of rotatable bonds is 9. The molecule has 2 heterocycles. The van der Waals surface area contributed by atoms with Gasteiger partial charge in [-0.15, -0.1) is 0 Å². The van der Waals surface area contributed by atoms with E-state index in [1.54, 1.807) is 25.1 Å². The highest BCUT2D eigenvalue weighted by Gasteiger charge is 2.61. The largest absolute Gasteiger partial charge is 0.507 e. The predicted molar refractivity (Wildman–Crippen MR) is 152 cm³/mol. The molecule has 1 amide bonds. The molecule has 42 heavy (non-hydrogen) atoms. The molecule has 5 rings (SSSR count). The van der Waals surface area contributed by atoms with Crippen LogP contribution in [0.3, 0.4) is 0 Å². The van der Waals surface area contributed by atoms with Gasteiger partial charge < -0.3 is 39.0 Å². The van der Waals surface area contributed by atoms with Gasteiger partial charge in [0.1, 0.15) is 22.1 Å². The molecule has 0 saturated carbocycles. The summed E-state index contributed by atoms with van der Waals surface area (Å²) in [4.78, 5) is 43.0. The van der Waals surface area contributed by atoms with E-state index in [9.17, 15) is 19.5 Å². The number of carbonyl (C=O) groups excluding carboxylic acids is 3. The average molecular weight is 601 g/mol. The highest BCUT2D eigenvalue weighted by Crippen LogP contribution is 2.56. The van der Waals surface area contributed by atoms with Gasteiger partial charge in [-0.2, -0.15) is 0 Å². The van der Waals surface area contributed by atoms with E-state index in [1.165, 1.54) is 20.3 Å². The number of aliphatic hydroxyl groups excluding tert-OH is 1. The third-order valence-electron chi connectivity index (χ3n) is 7.93. The first-order chi connectivity index (χ1) is 20.0. The number of nitrogens with zero attached hydrogens (tertiary/aromatic N) is 1. The molecule has 1 unspecified atom stereocenters. The molecule has 2 aliphatic heterocycles. The fourth-order valence-corrected chi connectivity index (χ4v) is 6.00. The summed E-state index contributed by atoms with van der Waals surface area (Å²) < 4.78 is 28.0. The van der Waals surface area contributed by atoms with E-state index in [-0.39, 0.29) is 58.9 Å². The lowest BCUT2D eigenvalue weighted by atomic mass is 9.69. The van der Waals surface area contributed by atoms with E-state index in [2.05, 4.69) is 5.32 Å². The number of benzene rings is 2. The van der Waals surface area contributed by atoms with Gasteiger partial charge in [0.05, 0.1) is 14.2 Å². The zero-order valence-electron chi connectivity index (χ0n) is 24.0. The van der Waals surface area contributed by atoms with Crippen LogP contribution >= 0.6 is 11.6 Å². The summed E-state index contributed by atoms with van der Waals surface area (Å²) in [7, 11) is 6.58. The minimum atomic E-state index is -1.97. The highest BCUT2D eigenvalue weighted by atomic mass is 35.5. The summed E-state index contributed by atoms with van der Waals surface area (Å²) in [5.74, 6) is -2.28. The van der Waals surface area contributed by atoms with E-state index in [4.69, 9.17) is 35.3 Å². The third-order valence-corrected chi connectivity index (χ3v) is 8.29. The Labute approximate surface area is 248 Å². The van der Waals surface area contributed by atoms with Crippen LogP contribution < -0.4 is 29.0 Å². The highest BCUT2D eigenvalue weighted by molar-refractivity contribution is 6.35. The lowest BCUT2D eigenvalue weighted by molar-refractivity contribution is -0.121. The molecule has 2 N–H and O–H groups in total. The van der Waals surface area contributed by atoms with Crippen molar-refractivity contribution in [2.24, 2.45) is 5.92 Å². The number of halogens is 1. The van der Waals surface area contributed by atoms with Crippen molar-refractivity contribution in [3.63, 3.8) is 0 Å². The molecule has 11 nitrogen and oxygen atoms in total. The van der Waals surface area contributed by atoms with Crippen LogP contribution in [-0.4, -0.2) is 81.3 Å². The molecule has 3 aliphatic rings. The number of methoxy groups -OCH3 is 2. The van der Waals surface area contributed by atoms with Crippen molar-refractivity contribution < 1.29 is 43.2 Å². The van der Waals surface area contributed by atoms with Crippen LogP contribution in [0.25, 0.3) is 0 Å². The summed E-state index contributed by atoms with van der Waals surface area (Å²) in [5, 5.41) is 14.9. The third kappa shape index (κ3) is 4.80. The Balaban J connectivity index is 1.63. The number of nitrogens with one attached hydrogen (secondary N) is 1. The first-order valence-electron chi connectivity index (χ1n) is 13.5. The fraction of sp³-hybridized carbons (Fsp3) is 0.433. The number of likely N-dealkylation sites (N-methyl/N-ethyl adjacent to an activating group) is 1. The number of hydrogen-bond donors (Lipinski definition) is 2. The van der Waals surface area contributed by atoms with E-state index in [0.29, 0.717) is 30.2 Å². The summed E-state index contributed by atoms with van der Waals surface area (Å²) in [5.41, 5.74) is -1.48. The van der Waals surface area contributed by atoms with Crippen LogP contribution in [0.2, 0.25) is 5.02 Å². The Bertz CT molecular complexity index is 1490. The SMILES string of the molecule is COc1cc(OC)c2c(c1Cl)O[C@]1(C2=O)C(O)=C(C(CC(=O)NCCN(C)C)c2ccc3c(c2)OCO3)C(=O)C[C@H]1C. The van der Waals surface area contributed by atoms with E-state index in [0.717, 1.165) is 0 Å². The fourth-order valence-electron chi connectivity index (χ4n) is 5.73. The number of aliphatic hydroxyl groups is 1. The van der Waals surface area contributed by atoms with Gasteiger partial charge in [-0.25, -0.2) is 0 Å². The molecule has 0 bridgehead atoms. The smallest absolute Gasteiger partial charge is 0.231 e. The van der Waals surface area contributed by atoms with Gasteiger partial charge in [-0.05, 0) is 31.8 Å². The minimum Gasteiger partial charge on any atom is -0.507 e. The Morgan fingerprint density at radius 3 is 2.57 bits per heavy atom. The Morgan fingerprint density at radius 1 is 1.17 bits per heavy atom. The van der Waals surface area contributed by atoms with Crippen LogP contribution in [0, 0.1) is 5.92 Å². The molecular weight excluding hydrogens is 568 g/mol. The van der Waals surface area contributed by atoms with Crippen molar-refractivity contribution in [1.29, 1.82) is 0 Å². The van der Waals surface area contributed by atoms with E-state index < -0.39 is 34.8 Å². The standard InChI is InChI=1S/C30H33ClN2O9/c1-15-10-18(34)24(28(36)30(15)29(37)25-21(38-4)13-22(39-5)26(31)27(25)42-30)17(12-23(35)32-8-9-33(2)3)16-6-7-19-20(11-16)41-14-40-19/h6-7,11,13,15,17,36H,8-10,12,14H2,1-5H3,(H,32,35)/t15-,17?,30+/m1/s1. The molecule has 1 spiro atoms. The van der Waals surface area contributed by atoms with Crippen molar-refractivity contribution in [3.8, 4) is 28.7 Å². The van der Waals surface area contributed by atoms with E-state index >= 15 is 0 Å². The summed E-state index contributed by atoms with van der Waals surface area (Å²) in [6.07, 6.45) is -0.304. The Morgan fingerprint density at radius 2 is 1.88 bits per heavy atom. The number of amides is 1. The zero-order chi connectivity index (χ0) is 30.3. The topological polar surface area (TPSA) is 133 Å². The van der Waals surface area contributed by atoms with Crippen LogP contribution in [0.15, 0.2) is 35.6 Å². The maximum Gasteiger partial charge on any atom is 0.231 e. The van der Waals surface area contributed by atoms with Crippen molar-refractivity contribution in [3.05, 3.63) is 51.7 Å². The number of ketones is 2. The van der Waals surface area contributed by atoms with Gasteiger partial charge in [0.2, 0.25) is 24.1 Å². The van der Waals surface area contributed by atoms with Crippen LogP contribution in [0.5, 0.6) is 28.7 Å². The molecule has 0 aromatic heterocycles. The van der Waals surface area contributed by atoms with Gasteiger partial charge in [0.15, 0.2) is 28.8 Å². The van der Waals surface area contributed by atoms with Gasteiger partial charge >= 0.3 is 0 Å². The van der Waals surface area contributed by atoms with Crippen LogP contribution in [0.4, 0.5) is 0 Å². The molecular formula is C30H33ClN2O9. The molecule has 224 valence electrons. The first kappa shape index (κ1) is 29.5. The first-order valence-corrected chi connectivity index (χ1v) is 13.9. The van der Waals surface area contributed by atoms with Crippen LogP contribution in [0.1, 0.15) is 41.6 Å². The molecule has 0 radical (unpaired) electrons. The monoisotopic (exact) mass is 600 g/mol. The lowest BCUT2D eigenvalue weighted by Crippen LogP contribution is -2.53. The minimum absolute atomic E-state index is 0.00831. The van der Waals surface area contributed by atoms with Crippen molar-refractivity contribution in [2.75, 3.05) is 48.2 Å². The molecule has 3 atom stereocenters. The average Bonchev–Trinajstić information content (AvgIpc) is 3.55. The molecule has 2 aromatic carbocycles. The Kier molecular flexibility index (Phi) is 8.00.